The van der Waals surface area contributed by atoms with E-state index in [1.54, 1.807) is 0 Å². The first-order chi connectivity index (χ1) is 14.2. The van der Waals surface area contributed by atoms with Crippen LogP contribution in [0.2, 0.25) is 0 Å². The summed E-state index contributed by atoms with van der Waals surface area (Å²) in [4.78, 5) is 17.2. The second-order valence-corrected chi connectivity index (χ2v) is 7.66. The van der Waals surface area contributed by atoms with Crippen molar-refractivity contribution in [2.75, 3.05) is 37.0 Å². The van der Waals surface area contributed by atoms with Gasteiger partial charge in [-0.1, -0.05) is 42.5 Å². The van der Waals surface area contributed by atoms with Gasteiger partial charge in [0.1, 0.15) is 0 Å². The third-order valence-electron chi connectivity index (χ3n) is 5.59. The van der Waals surface area contributed by atoms with Crippen LogP contribution in [0.5, 0.6) is 0 Å². The number of likely N-dealkylation sites (tertiary alicyclic amines) is 1. The summed E-state index contributed by atoms with van der Waals surface area (Å²) in [5.74, 6) is 0. The number of para-hydroxylation sites is 2. The molecule has 154 valence electrons. The number of benzene rings is 2. The fourth-order valence-corrected chi connectivity index (χ4v) is 4.13. The third-order valence-corrected chi connectivity index (χ3v) is 5.59. The van der Waals surface area contributed by atoms with Crippen molar-refractivity contribution in [2.24, 2.45) is 0 Å². The summed E-state index contributed by atoms with van der Waals surface area (Å²) >= 11 is 0. The van der Waals surface area contributed by atoms with E-state index in [-0.39, 0.29) is 18.4 Å². The Morgan fingerprint density at radius 2 is 1.79 bits per heavy atom. The number of carbonyl (C=O) groups is 1. The first kappa shape index (κ1) is 19.7. The topological polar surface area (TPSA) is 54.0 Å². The van der Waals surface area contributed by atoms with Crippen LogP contribution in [0.15, 0.2) is 54.6 Å². The van der Waals surface area contributed by atoms with E-state index in [4.69, 9.17) is 9.47 Å². The quantitative estimate of drug-likeness (QED) is 0.829. The predicted octanol–water partition coefficient (Wildman–Crippen LogP) is 4.08. The lowest BCUT2D eigenvalue weighted by molar-refractivity contribution is -0.0973. The number of hydrogen-bond acceptors (Lipinski definition) is 4. The lowest BCUT2D eigenvalue weighted by atomic mass is 10.0. The van der Waals surface area contributed by atoms with Crippen LogP contribution in [0.4, 0.5) is 16.2 Å². The Bertz CT molecular complexity index is 808. The molecule has 0 saturated carbocycles. The highest BCUT2D eigenvalue weighted by Gasteiger charge is 2.36. The maximum absolute atomic E-state index is 13.2. The van der Waals surface area contributed by atoms with Gasteiger partial charge in [0, 0.05) is 20.1 Å². The minimum absolute atomic E-state index is 0.0274. The van der Waals surface area contributed by atoms with Gasteiger partial charge >= 0.3 is 6.03 Å². The molecule has 0 aromatic heterocycles. The summed E-state index contributed by atoms with van der Waals surface area (Å²) < 4.78 is 11.4. The molecule has 2 aliphatic rings. The molecule has 2 aromatic carbocycles. The van der Waals surface area contributed by atoms with Gasteiger partial charge in [-0.25, -0.2) is 4.79 Å². The van der Waals surface area contributed by atoms with E-state index in [0.717, 1.165) is 43.7 Å². The van der Waals surface area contributed by atoms with Gasteiger partial charge in [0.25, 0.3) is 0 Å². The number of piperidine rings is 1. The monoisotopic (exact) mass is 395 g/mol. The van der Waals surface area contributed by atoms with Gasteiger partial charge < -0.3 is 24.6 Å². The summed E-state index contributed by atoms with van der Waals surface area (Å²) in [6.45, 7) is 2.69. The highest BCUT2D eigenvalue weighted by Crippen LogP contribution is 2.29. The molecule has 4 rings (SSSR count). The van der Waals surface area contributed by atoms with Crippen LogP contribution in [0.1, 0.15) is 24.8 Å². The first-order valence-corrected chi connectivity index (χ1v) is 10.4. The Kier molecular flexibility index (Phi) is 6.32. The van der Waals surface area contributed by atoms with Gasteiger partial charge in [0.05, 0.1) is 30.6 Å². The van der Waals surface area contributed by atoms with E-state index in [9.17, 15) is 4.79 Å². The maximum atomic E-state index is 13.2. The van der Waals surface area contributed by atoms with E-state index >= 15 is 0 Å². The van der Waals surface area contributed by atoms with Crippen molar-refractivity contribution in [2.45, 2.75) is 38.1 Å². The maximum Gasteiger partial charge on any atom is 0.322 e. The van der Waals surface area contributed by atoms with Gasteiger partial charge in [-0.05, 0) is 37.0 Å². The molecule has 2 fully saturated rings. The fourth-order valence-electron chi connectivity index (χ4n) is 4.13. The Hall–Kier alpha value is -2.57. The molecule has 2 aliphatic heterocycles. The van der Waals surface area contributed by atoms with Gasteiger partial charge in [0.15, 0.2) is 6.29 Å². The number of carbonyl (C=O) groups excluding carboxylic acids is 1. The van der Waals surface area contributed by atoms with Gasteiger partial charge in [0.2, 0.25) is 0 Å². The molecule has 6 nitrogen and oxygen atoms in total. The van der Waals surface area contributed by atoms with Crippen LogP contribution in [0, 0.1) is 0 Å². The zero-order chi connectivity index (χ0) is 20.1. The predicted molar refractivity (Wildman–Crippen MR) is 114 cm³/mol. The van der Waals surface area contributed by atoms with Crippen LogP contribution < -0.4 is 10.2 Å². The van der Waals surface area contributed by atoms with Gasteiger partial charge in [-0.2, -0.15) is 0 Å². The standard InChI is InChI=1S/C23H29N3O3/c1-25(17-18-9-3-2-4-10-18)20-12-6-5-11-19(20)24-23(27)26-14-8-7-13-21(26)22-28-15-16-29-22/h2-6,9-12,21-22H,7-8,13-17H2,1H3,(H,24,27). The highest BCUT2D eigenvalue weighted by molar-refractivity contribution is 5.93. The Labute approximate surface area is 172 Å². The van der Waals surface area contributed by atoms with Gasteiger partial charge in [-0.15, -0.1) is 0 Å². The first-order valence-electron chi connectivity index (χ1n) is 10.4. The molecule has 0 aliphatic carbocycles. The minimum Gasteiger partial charge on any atom is -0.369 e. The van der Waals surface area contributed by atoms with E-state index in [1.165, 1.54) is 5.56 Å². The molecular formula is C23H29N3O3. The van der Waals surface area contributed by atoms with Crippen LogP contribution in [0.3, 0.4) is 0 Å². The number of nitrogens with one attached hydrogen (secondary N) is 1. The number of nitrogens with zero attached hydrogens (tertiary/aromatic N) is 2. The van der Waals surface area contributed by atoms with Crippen molar-refractivity contribution in [3.63, 3.8) is 0 Å². The summed E-state index contributed by atoms with van der Waals surface area (Å²) in [6, 6.07) is 18.1. The fraction of sp³-hybridized carbons (Fsp3) is 0.435. The number of urea groups is 1. The Morgan fingerprint density at radius 3 is 2.59 bits per heavy atom. The number of amides is 2. The SMILES string of the molecule is CN(Cc1ccccc1)c1ccccc1NC(=O)N1CCCCC1C1OCCO1. The second kappa shape index (κ2) is 9.29. The summed E-state index contributed by atoms with van der Waals surface area (Å²) in [5, 5.41) is 3.13. The van der Waals surface area contributed by atoms with E-state index < -0.39 is 0 Å². The van der Waals surface area contributed by atoms with Crippen molar-refractivity contribution in [1.29, 1.82) is 0 Å². The lowest BCUT2D eigenvalue weighted by Gasteiger charge is -2.38. The van der Waals surface area contributed by atoms with Crippen molar-refractivity contribution in [3.8, 4) is 0 Å². The molecule has 2 amide bonds. The largest absolute Gasteiger partial charge is 0.369 e. The molecule has 1 atom stereocenters. The average Bonchev–Trinajstić information content (AvgIpc) is 3.29. The van der Waals surface area contributed by atoms with Crippen molar-refractivity contribution >= 4 is 17.4 Å². The number of anilines is 2. The molecule has 6 heteroatoms. The smallest absolute Gasteiger partial charge is 0.322 e. The molecule has 29 heavy (non-hydrogen) atoms. The summed E-state index contributed by atoms with van der Waals surface area (Å²) in [5.41, 5.74) is 3.03. The second-order valence-electron chi connectivity index (χ2n) is 7.66. The molecule has 2 aromatic rings. The summed E-state index contributed by atoms with van der Waals surface area (Å²) in [7, 11) is 2.04. The Balaban J connectivity index is 1.47. The van der Waals surface area contributed by atoms with Crippen LogP contribution in [0.25, 0.3) is 0 Å². The van der Waals surface area contributed by atoms with E-state index in [2.05, 4.69) is 22.3 Å². The zero-order valence-electron chi connectivity index (χ0n) is 16.9. The molecular weight excluding hydrogens is 366 g/mol. The molecule has 1 unspecified atom stereocenters. The van der Waals surface area contributed by atoms with Crippen molar-refractivity contribution in [1.82, 2.24) is 4.90 Å². The molecule has 2 heterocycles. The average molecular weight is 396 g/mol. The normalized spacial score (nSPS) is 19.9. The van der Waals surface area contributed by atoms with Crippen LogP contribution >= 0.6 is 0 Å². The third kappa shape index (κ3) is 4.71. The lowest BCUT2D eigenvalue weighted by Crippen LogP contribution is -2.51. The van der Waals surface area contributed by atoms with Crippen molar-refractivity contribution in [3.05, 3.63) is 60.2 Å². The molecule has 2 saturated heterocycles. The van der Waals surface area contributed by atoms with Crippen molar-refractivity contribution < 1.29 is 14.3 Å². The van der Waals surface area contributed by atoms with Gasteiger partial charge in [-0.3, -0.25) is 0 Å². The number of rotatable bonds is 5. The molecule has 0 bridgehead atoms. The molecule has 0 spiro atoms. The molecule has 1 N–H and O–H groups in total. The number of hydrogen-bond donors (Lipinski definition) is 1. The van der Waals surface area contributed by atoms with E-state index in [0.29, 0.717) is 13.2 Å². The highest BCUT2D eigenvalue weighted by atomic mass is 16.7. The Morgan fingerprint density at radius 1 is 1.07 bits per heavy atom. The van der Waals surface area contributed by atoms with E-state index in [1.807, 2.05) is 54.4 Å². The molecule has 0 radical (unpaired) electrons. The summed E-state index contributed by atoms with van der Waals surface area (Å²) in [6.07, 6.45) is 2.70. The van der Waals surface area contributed by atoms with Crippen LogP contribution in [-0.2, 0) is 16.0 Å². The minimum atomic E-state index is -0.308. The number of ether oxygens (including phenoxy) is 2. The zero-order valence-corrected chi connectivity index (χ0v) is 16.9. The van der Waals surface area contributed by atoms with Crippen LogP contribution in [-0.4, -0.2) is 50.1 Å².